The van der Waals surface area contributed by atoms with Crippen LogP contribution in [0.3, 0.4) is 0 Å². The minimum atomic E-state index is 0. The van der Waals surface area contributed by atoms with Gasteiger partial charge in [0.2, 0.25) is 0 Å². The fourth-order valence-electron chi connectivity index (χ4n) is 3.26. The van der Waals surface area contributed by atoms with Crippen LogP contribution < -0.4 is 10.6 Å². The molecule has 162 valence electrons. The number of hydrogen-bond acceptors (Lipinski definition) is 4. The summed E-state index contributed by atoms with van der Waals surface area (Å²) < 4.78 is 3.12. The Morgan fingerprint density at radius 2 is 1.81 bits per heavy atom. The number of nitrogens with zero attached hydrogens (tertiary/aromatic N) is 4. The number of fused-ring (bicyclic) bond motifs is 1. The molecule has 0 saturated heterocycles. The molecule has 0 unspecified atom stereocenters. The van der Waals surface area contributed by atoms with Crippen molar-refractivity contribution < 1.29 is 0 Å². The van der Waals surface area contributed by atoms with E-state index in [2.05, 4.69) is 63.2 Å². The maximum absolute atomic E-state index is 4.69. The Labute approximate surface area is 203 Å². The Balaban J connectivity index is 0.00000272. The molecule has 0 atom stereocenters. The van der Waals surface area contributed by atoms with Crippen molar-refractivity contribution in [2.45, 2.75) is 19.3 Å². The van der Waals surface area contributed by atoms with E-state index in [9.17, 15) is 0 Å². The van der Waals surface area contributed by atoms with Crippen molar-refractivity contribution >= 4 is 51.5 Å². The minimum Gasteiger partial charge on any atom is -0.356 e. The molecule has 0 saturated carbocycles. The number of nitrogens with one attached hydrogen (secondary N) is 2. The summed E-state index contributed by atoms with van der Waals surface area (Å²) in [5.41, 5.74) is 3.45. The average molecular weight is 546 g/mol. The van der Waals surface area contributed by atoms with E-state index in [4.69, 9.17) is 4.98 Å². The first kappa shape index (κ1) is 23.2. The SMILES string of the molecule is CN=C(NCCCc1nc2ccccc2s1)NCCc1ccc(-n2cccn2)cc1.I. The van der Waals surface area contributed by atoms with Crippen LogP contribution in [-0.2, 0) is 12.8 Å². The number of hydrogen-bond donors (Lipinski definition) is 2. The maximum Gasteiger partial charge on any atom is 0.190 e. The van der Waals surface area contributed by atoms with E-state index >= 15 is 0 Å². The van der Waals surface area contributed by atoms with Gasteiger partial charge in [0, 0.05) is 39.0 Å². The van der Waals surface area contributed by atoms with Crippen molar-refractivity contribution in [3.63, 3.8) is 0 Å². The molecule has 0 aliphatic rings. The zero-order valence-electron chi connectivity index (χ0n) is 17.5. The van der Waals surface area contributed by atoms with E-state index in [1.54, 1.807) is 17.5 Å². The number of aliphatic imine (C=N–C) groups is 1. The third kappa shape index (κ3) is 6.51. The van der Waals surface area contributed by atoms with Crippen LogP contribution in [0.25, 0.3) is 15.9 Å². The molecular formula is C23H27IN6S. The van der Waals surface area contributed by atoms with E-state index in [0.717, 1.165) is 49.5 Å². The highest BCUT2D eigenvalue weighted by molar-refractivity contribution is 14.0. The molecule has 0 amide bonds. The van der Waals surface area contributed by atoms with Crippen molar-refractivity contribution in [2.75, 3.05) is 20.1 Å². The lowest BCUT2D eigenvalue weighted by Crippen LogP contribution is -2.38. The molecule has 4 rings (SSSR count). The summed E-state index contributed by atoms with van der Waals surface area (Å²) >= 11 is 1.78. The lowest BCUT2D eigenvalue weighted by molar-refractivity contribution is 0.737. The summed E-state index contributed by atoms with van der Waals surface area (Å²) in [5, 5.41) is 12.2. The van der Waals surface area contributed by atoms with Gasteiger partial charge < -0.3 is 10.6 Å². The topological polar surface area (TPSA) is 67.1 Å². The Morgan fingerprint density at radius 1 is 1.00 bits per heavy atom. The van der Waals surface area contributed by atoms with E-state index in [-0.39, 0.29) is 24.0 Å². The van der Waals surface area contributed by atoms with Crippen LogP contribution in [0.15, 0.2) is 72.0 Å². The predicted octanol–water partition coefficient (Wildman–Crippen LogP) is 4.44. The predicted molar refractivity (Wildman–Crippen MR) is 140 cm³/mol. The smallest absolute Gasteiger partial charge is 0.190 e. The van der Waals surface area contributed by atoms with Gasteiger partial charge in [0.15, 0.2) is 5.96 Å². The summed E-state index contributed by atoms with van der Waals surface area (Å²) in [7, 11) is 1.81. The van der Waals surface area contributed by atoms with E-state index in [1.807, 2.05) is 30.1 Å². The molecule has 0 radical (unpaired) electrons. The molecular weight excluding hydrogens is 519 g/mol. The second-order valence-corrected chi connectivity index (χ2v) is 8.09. The highest BCUT2D eigenvalue weighted by Crippen LogP contribution is 2.22. The van der Waals surface area contributed by atoms with Gasteiger partial charge in [-0.3, -0.25) is 4.99 Å². The van der Waals surface area contributed by atoms with Gasteiger partial charge in [0.05, 0.1) is 20.9 Å². The number of thiazole rings is 1. The summed E-state index contributed by atoms with van der Waals surface area (Å²) in [4.78, 5) is 9.01. The second kappa shape index (κ2) is 11.8. The molecule has 0 spiro atoms. The molecule has 6 nitrogen and oxygen atoms in total. The number of halogens is 1. The number of aromatic nitrogens is 3. The maximum atomic E-state index is 4.69. The number of aryl methyl sites for hydroxylation is 1. The summed E-state index contributed by atoms with van der Waals surface area (Å²) in [6.45, 7) is 1.70. The fourth-order valence-corrected chi connectivity index (χ4v) is 4.27. The normalized spacial score (nSPS) is 11.3. The van der Waals surface area contributed by atoms with Crippen LogP contribution in [-0.4, -0.2) is 40.9 Å². The van der Waals surface area contributed by atoms with Gasteiger partial charge in [-0.05, 0) is 48.7 Å². The van der Waals surface area contributed by atoms with Crippen LogP contribution in [0.2, 0.25) is 0 Å². The first-order chi connectivity index (χ1) is 14.8. The van der Waals surface area contributed by atoms with Gasteiger partial charge in [-0.15, -0.1) is 35.3 Å². The lowest BCUT2D eigenvalue weighted by Gasteiger charge is -2.12. The minimum absolute atomic E-state index is 0. The molecule has 0 fully saturated rings. The molecule has 31 heavy (non-hydrogen) atoms. The van der Waals surface area contributed by atoms with Crippen molar-refractivity contribution in [3.05, 3.63) is 77.6 Å². The summed E-state index contributed by atoms with van der Waals surface area (Å²) in [6, 6.07) is 18.7. The van der Waals surface area contributed by atoms with Gasteiger partial charge in [-0.1, -0.05) is 24.3 Å². The molecule has 0 bridgehead atoms. The fraction of sp³-hybridized carbons (Fsp3) is 0.261. The van der Waals surface area contributed by atoms with Crippen LogP contribution >= 0.6 is 35.3 Å². The zero-order valence-corrected chi connectivity index (χ0v) is 20.6. The first-order valence-electron chi connectivity index (χ1n) is 10.2. The van der Waals surface area contributed by atoms with Crippen molar-refractivity contribution in [2.24, 2.45) is 4.99 Å². The molecule has 2 heterocycles. The van der Waals surface area contributed by atoms with Crippen molar-refractivity contribution in [1.82, 2.24) is 25.4 Å². The van der Waals surface area contributed by atoms with Crippen molar-refractivity contribution in [3.8, 4) is 5.69 Å². The first-order valence-corrected chi connectivity index (χ1v) is 11.0. The third-order valence-corrected chi connectivity index (χ3v) is 5.93. The summed E-state index contributed by atoms with van der Waals surface area (Å²) in [5.74, 6) is 0.840. The third-order valence-electron chi connectivity index (χ3n) is 4.83. The highest BCUT2D eigenvalue weighted by atomic mass is 127. The molecule has 2 aromatic heterocycles. The Bertz CT molecular complexity index is 1060. The number of benzene rings is 2. The number of rotatable bonds is 8. The van der Waals surface area contributed by atoms with Crippen molar-refractivity contribution in [1.29, 1.82) is 0 Å². The molecule has 0 aliphatic heterocycles. The van der Waals surface area contributed by atoms with Gasteiger partial charge in [0.1, 0.15) is 0 Å². The number of para-hydroxylation sites is 1. The van der Waals surface area contributed by atoms with Gasteiger partial charge >= 0.3 is 0 Å². The quantitative estimate of drug-likeness (QED) is 0.149. The van der Waals surface area contributed by atoms with Crippen LogP contribution in [0.4, 0.5) is 0 Å². The van der Waals surface area contributed by atoms with Gasteiger partial charge in [-0.25, -0.2) is 9.67 Å². The Morgan fingerprint density at radius 3 is 2.55 bits per heavy atom. The Hall–Kier alpha value is -2.46. The molecule has 0 aliphatic carbocycles. The monoisotopic (exact) mass is 546 g/mol. The van der Waals surface area contributed by atoms with Gasteiger partial charge in [0.25, 0.3) is 0 Å². The van der Waals surface area contributed by atoms with Crippen LogP contribution in [0, 0.1) is 0 Å². The molecule has 4 aromatic rings. The standard InChI is InChI=1S/C23H26N6S.HI/c1-24-23(25-14-4-8-22-28-20-6-2-3-7-21(20)30-22)26-16-13-18-9-11-19(12-10-18)29-17-5-15-27-29;/h2-3,5-7,9-12,15,17H,4,8,13-14,16H2,1H3,(H2,24,25,26);1H. The van der Waals surface area contributed by atoms with E-state index in [1.165, 1.54) is 15.3 Å². The average Bonchev–Trinajstić information content (AvgIpc) is 3.45. The van der Waals surface area contributed by atoms with Crippen LogP contribution in [0.5, 0.6) is 0 Å². The van der Waals surface area contributed by atoms with Gasteiger partial charge in [-0.2, -0.15) is 5.10 Å². The largest absolute Gasteiger partial charge is 0.356 e. The Kier molecular flexibility index (Phi) is 8.84. The van der Waals surface area contributed by atoms with E-state index in [0.29, 0.717) is 0 Å². The van der Waals surface area contributed by atoms with Crippen LogP contribution in [0.1, 0.15) is 17.0 Å². The molecule has 8 heteroatoms. The highest BCUT2D eigenvalue weighted by Gasteiger charge is 2.04. The molecule has 2 N–H and O–H groups in total. The lowest BCUT2D eigenvalue weighted by atomic mass is 10.1. The number of guanidine groups is 1. The zero-order chi connectivity index (χ0) is 20.6. The molecule has 2 aromatic carbocycles. The van der Waals surface area contributed by atoms with E-state index < -0.39 is 0 Å². The second-order valence-electron chi connectivity index (χ2n) is 6.97. The summed E-state index contributed by atoms with van der Waals surface area (Å²) in [6.07, 6.45) is 6.67.